The molecule has 2 aliphatic rings. The first-order valence-corrected chi connectivity index (χ1v) is 42.4. The third kappa shape index (κ3) is 26.1. The Hall–Kier alpha value is -10.7. The smallest absolute Gasteiger partial charge is 0.481 e. The van der Waals surface area contributed by atoms with E-state index < -0.39 is 35.9 Å². The van der Waals surface area contributed by atoms with E-state index in [-0.39, 0.29) is 121 Å². The monoisotopic (exact) mass is 1680 g/mol. The number of alkyl halides is 3. The lowest BCUT2D eigenvalue weighted by molar-refractivity contribution is -0.274. The van der Waals surface area contributed by atoms with Crippen LogP contribution < -0.4 is 20.7 Å². The maximum atomic E-state index is 14.0. The number of carbonyl (C=O) groups is 9. The van der Waals surface area contributed by atoms with Gasteiger partial charge in [0.15, 0.2) is 0 Å². The molecule has 0 atom stereocenters. The third-order valence-corrected chi connectivity index (χ3v) is 25.1. The van der Waals surface area contributed by atoms with E-state index >= 15 is 0 Å². The standard InChI is InChI=1S/C33H30N2O4S2.C30H36N2O4S.C29H34ClF3N2O5/c36-31(19-25-22-40-29-14-8-7-13-27(25)29)35(20-26-15-16-30(41-26)33(39)34-18-17-32(37)38)21-28(23-9-3-1-4-10-23)24-11-5-2-6-12-24;1-30(2,3)23-12-14-24(15-13-23)32(29(36)26-18-22-6-4-5-7-25(22)37-26)19-20-8-10-21(11-9-20)28(35)31-17-16-27(33)34;1-28(2,3)21-9-11-22(12-10-21)35(27(39)20-8-13-24(23(30)16-20)40-29(31,32)33)17-18-4-6-19(7-5-18)26(38)34-15-14-25(36)37/h1-16,22,28H,17-21H2,(H,34,39)(H,37,38);4-11,18,23-24H,12-17,19H2,1-3H3,(H,31,35)(H,33,34);4-8,13,16,21-22H,9-12,14-15,17H2,1-3H3,(H,34,38)(H,36,37). The van der Waals surface area contributed by atoms with Gasteiger partial charge in [0, 0.05) is 88.2 Å². The van der Waals surface area contributed by atoms with E-state index in [1.807, 2.05) is 101 Å². The van der Waals surface area contributed by atoms with E-state index in [4.69, 9.17) is 26.9 Å². The Bertz CT molecular complexity index is 5010. The number of ether oxygens (including phenoxy) is 1. The fraction of sp³-hybridized carbons (Fsp3) is 0.359. The van der Waals surface area contributed by atoms with Crippen molar-refractivity contribution >= 4 is 119 Å². The maximum absolute atomic E-state index is 14.0. The van der Waals surface area contributed by atoms with E-state index in [0.29, 0.717) is 47.5 Å². The number of hydrogen-bond acceptors (Lipinski definition) is 13. The molecule has 12 rings (SSSR count). The van der Waals surface area contributed by atoms with Crippen LogP contribution in [0.3, 0.4) is 0 Å². The normalized spacial score (nSPS) is 15.4. The number of nitrogens with one attached hydrogen (secondary N) is 3. The molecule has 7 aromatic carbocycles. The van der Waals surface area contributed by atoms with Crippen molar-refractivity contribution in [3.8, 4) is 5.75 Å². The Labute approximate surface area is 702 Å². The molecule has 2 saturated carbocycles. The van der Waals surface area contributed by atoms with Crippen molar-refractivity contribution in [1.82, 2.24) is 30.7 Å². The number of nitrogens with zero attached hydrogens (tertiary/aromatic N) is 3. The molecule has 3 aromatic heterocycles. The van der Waals surface area contributed by atoms with Crippen molar-refractivity contribution in [1.29, 1.82) is 0 Å². The van der Waals surface area contributed by atoms with Crippen LogP contribution >= 0.6 is 45.6 Å². The summed E-state index contributed by atoms with van der Waals surface area (Å²) in [6.07, 6.45) is 2.57. The van der Waals surface area contributed by atoms with Gasteiger partial charge in [-0.1, -0.05) is 174 Å². The Balaban J connectivity index is 0.000000187. The van der Waals surface area contributed by atoms with Crippen molar-refractivity contribution in [3.63, 3.8) is 0 Å². The first kappa shape index (κ1) is 89.6. The van der Waals surface area contributed by atoms with Crippen molar-refractivity contribution < 1.29 is 76.4 Å². The van der Waals surface area contributed by atoms with Crippen LogP contribution in [0.15, 0.2) is 200 Å². The van der Waals surface area contributed by atoms with Gasteiger partial charge in [0.1, 0.15) is 5.75 Å². The number of hydrogen-bond donors (Lipinski definition) is 6. The zero-order valence-corrected chi connectivity index (χ0v) is 70.1. The molecule has 19 nitrogen and oxygen atoms in total. The lowest BCUT2D eigenvalue weighted by atomic mass is 9.71. The lowest BCUT2D eigenvalue weighted by Gasteiger charge is -2.41. The molecule has 3 heterocycles. The molecule has 622 valence electrons. The van der Waals surface area contributed by atoms with Gasteiger partial charge in [-0.2, -0.15) is 0 Å². The lowest BCUT2D eigenvalue weighted by Crippen LogP contribution is -2.43. The van der Waals surface area contributed by atoms with Crippen molar-refractivity contribution in [3.05, 3.63) is 264 Å². The minimum Gasteiger partial charge on any atom is -0.481 e. The fourth-order valence-electron chi connectivity index (χ4n) is 15.0. The highest BCUT2D eigenvalue weighted by molar-refractivity contribution is 7.20. The van der Waals surface area contributed by atoms with E-state index in [9.17, 15) is 56.3 Å². The summed E-state index contributed by atoms with van der Waals surface area (Å²) in [6.45, 7) is 15.2. The zero-order valence-electron chi connectivity index (χ0n) is 66.9. The van der Waals surface area contributed by atoms with Gasteiger partial charge in [0.25, 0.3) is 29.5 Å². The van der Waals surface area contributed by atoms with E-state index in [2.05, 4.69) is 110 Å². The quantitative estimate of drug-likeness (QED) is 0.0255. The molecule has 0 spiro atoms. The first-order valence-electron chi connectivity index (χ1n) is 39.5. The van der Waals surface area contributed by atoms with Crippen molar-refractivity contribution in [2.75, 3.05) is 26.2 Å². The predicted molar refractivity (Wildman–Crippen MR) is 457 cm³/mol. The molecular formula is C92H100ClF3N6O13S3. The maximum Gasteiger partial charge on any atom is 0.573 e. The van der Waals surface area contributed by atoms with E-state index in [1.165, 1.54) is 23.5 Å². The van der Waals surface area contributed by atoms with Gasteiger partial charge in [0.2, 0.25) is 5.91 Å². The van der Waals surface area contributed by atoms with Crippen molar-refractivity contribution in [2.24, 2.45) is 22.7 Å². The number of carboxylic acids is 3. The van der Waals surface area contributed by atoms with Gasteiger partial charge in [-0.3, -0.25) is 43.2 Å². The summed E-state index contributed by atoms with van der Waals surface area (Å²) in [7, 11) is 0. The highest BCUT2D eigenvalue weighted by Gasteiger charge is 2.38. The summed E-state index contributed by atoms with van der Waals surface area (Å²) >= 11 is 10.5. The van der Waals surface area contributed by atoms with Gasteiger partial charge < -0.3 is 50.7 Å². The minimum absolute atomic E-state index is 0.00476. The molecule has 10 aromatic rings. The zero-order chi connectivity index (χ0) is 84.8. The number of carboxylic acid groups (broad SMARTS) is 3. The summed E-state index contributed by atoms with van der Waals surface area (Å²) < 4.78 is 44.2. The van der Waals surface area contributed by atoms with Gasteiger partial charge in [0.05, 0.1) is 47.0 Å². The number of fused-ring (bicyclic) bond motifs is 2. The third-order valence-electron chi connectivity index (χ3n) is 21.6. The number of halogens is 4. The highest BCUT2D eigenvalue weighted by Crippen LogP contribution is 2.43. The summed E-state index contributed by atoms with van der Waals surface area (Å²) in [5.74, 6) is -3.67. The average Bonchev–Trinajstić information content (AvgIpc) is 1.81. The van der Waals surface area contributed by atoms with Gasteiger partial charge in [-0.25, -0.2) is 0 Å². The predicted octanol–water partition coefficient (Wildman–Crippen LogP) is 19.6. The number of rotatable bonds is 29. The molecule has 2 fully saturated rings. The second kappa shape index (κ2) is 41.6. The number of carbonyl (C=O) groups excluding carboxylic acids is 6. The summed E-state index contributed by atoms with van der Waals surface area (Å²) in [5, 5.41) is 38.1. The van der Waals surface area contributed by atoms with Crippen LogP contribution in [0.5, 0.6) is 5.75 Å². The summed E-state index contributed by atoms with van der Waals surface area (Å²) in [6, 6.07) is 59.7. The highest BCUT2D eigenvalue weighted by atomic mass is 35.5. The van der Waals surface area contributed by atoms with Crippen molar-refractivity contribution in [2.45, 2.75) is 163 Å². The van der Waals surface area contributed by atoms with Gasteiger partial charge >= 0.3 is 24.3 Å². The Kier molecular flexibility index (Phi) is 31.6. The molecule has 6 amide bonds. The molecule has 0 aliphatic heterocycles. The number of thiophene rings is 3. The molecule has 118 heavy (non-hydrogen) atoms. The Morgan fingerprint density at radius 2 is 0.949 bits per heavy atom. The molecular weight excluding hydrogens is 1590 g/mol. The van der Waals surface area contributed by atoms with Crippen LogP contribution in [-0.4, -0.2) is 128 Å². The largest absolute Gasteiger partial charge is 0.573 e. The number of amides is 6. The van der Waals surface area contributed by atoms with Crippen LogP contribution in [-0.2, 0) is 45.2 Å². The first-order chi connectivity index (χ1) is 56.2. The molecule has 0 saturated heterocycles. The molecule has 0 bridgehead atoms. The van der Waals surface area contributed by atoms with Crippen LogP contribution in [0.2, 0.25) is 5.02 Å². The molecule has 0 unspecified atom stereocenters. The topological polar surface area (TPSA) is 269 Å². The fourth-order valence-corrected chi connectivity index (χ4v) is 18.1. The van der Waals surface area contributed by atoms with E-state index in [1.54, 1.807) is 70.0 Å². The second-order valence-corrected chi connectivity index (χ2v) is 35.5. The Morgan fingerprint density at radius 1 is 0.492 bits per heavy atom. The number of benzene rings is 7. The van der Waals surface area contributed by atoms with Crippen LogP contribution in [0.1, 0.15) is 201 Å². The van der Waals surface area contributed by atoms with Crippen LogP contribution in [0.25, 0.3) is 20.2 Å². The molecule has 0 radical (unpaired) electrons. The van der Waals surface area contributed by atoms with Gasteiger partial charge in [-0.15, -0.1) is 47.2 Å². The van der Waals surface area contributed by atoms with Crippen LogP contribution in [0, 0.1) is 22.7 Å². The number of aliphatic carboxylic acids is 3. The van der Waals surface area contributed by atoms with Gasteiger partial charge in [-0.05, 0) is 191 Å². The minimum atomic E-state index is -4.91. The second-order valence-electron chi connectivity index (χ2n) is 31.9. The molecule has 2 aliphatic carbocycles. The van der Waals surface area contributed by atoms with E-state index in [0.717, 1.165) is 115 Å². The Morgan fingerprint density at radius 3 is 1.42 bits per heavy atom. The summed E-state index contributed by atoms with van der Waals surface area (Å²) in [4.78, 5) is 119. The SMILES string of the molecule is CC(C)(C)C1CCC(N(Cc2ccc(C(=O)NCCC(=O)O)cc2)C(=O)c2cc3ccccc3s2)CC1.CC(C)(C)C1CCC(N(Cc2ccc(C(=O)NCCC(=O)O)cc2)C(=O)c2ccc(OC(F)(F)F)c(Cl)c2)CC1.O=C(O)CCNC(=O)c1ccc(CN(CC(c2ccccc2)c2ccccc2)C(=O)Cc2csc3ccccc23)s1. The molecule has 26 heteroatoms. The molecule has 6 N–H and O–H groups in total. The average molecular weight is 1690 g/mol. The summed E-state index contributed by atoms with van der Waals surface area (Å²) in [5.41, 5.74) is 6.38. The van der Waals surface area contributed by atoms with Crippen LogP contribution in [0.4, 0.5) is 13.2 Å².